The van der Waals surface area contributed by atoms with Crippen LogP contribution in [0.25, 0.3) is 12.2 Å². The normalized spacial score (nSPS) is 35.5. The van der Waals surface area contributed by atoms with Crippen molar-refractivity contribution in [1.82, 2.24) is 157 Å². The van der Waals surface area contributed by atoms with Gasteiger partial charge < -0.3 is 36.3 Å². The third kappa shape index (κ3) is 7.18. The molecule has 6 N–H and O–H groups in total. The average molecular weight is 1610 g/mol. The molecule has 0 aromatic heterocycles. The Morgan fingerprint density at radius 3 is 0.325 bits per heavy atom. The molecule has 0 bridgehead atoms. The number of halogens is 2. The van der Waals surface area contributed by atoms with E-state index in [1.807, 2.05) is 24.3 Å². The van der Waals surface area contributed by atoms with Gasteiger partial charge in [-0.25, -0.2) is 76.7 Å². The molecule has 114 heavy (non-hydrogen) atoms. The summed E-state index contributed by atoms with van der Waals surface area (Å²) in [6.07, 6.45) is -16.2. The maximum atomic E-state index is 15.5. The van der Waals surface area contributed by atoms with Gasteiger partial charge >= 0.3 is 96.5 Å². The van der Waals surface area contributed by atoms with Crippen LogP contribution in [0.4, 0.5) is 88.1 Å². The highest BCUT2D eigenvalue weighted by Crippen LogP contribution is 2.54. The second-order valence-electron chi connectivity index (χ2n) is 32.3. The van der Waals surface area contributed by atoms with E-state index in [9.17, 15) is 0 Å². The Morgan fingerprint density at radius 2 is 0.246 bits per heavy atom. The Hall–Kier alpha value is -13.0. The van der Waals surface area contributed by atoms with Crippen LogP contribution in [0.1, 0.15) is 11.1 Å². The highest BCUT2D eigenvalue weighted by molar-refractivity contribution is 5.97. The lowest BCUT2D eigenvalue weighted by atomic mass is 10.1. The lowest BCUT2D eigenvalue weighted by Gasteiger charge is -2.42. The number of nitrogens with zero attached hydrogens (tertiary/aromatic N) is 32. The average Bonchev–Trinajstić information content (AvgIpc) is 1.52. The van der Waals surface area contributed by atoms with Crippen LogP contribution in [0, 0.1) is 0 Å². The molecule has 592 valence electrons. The summed E-state index contributed by atoms with van der Waals surface area (Å²) in [7, 11) is 0. The van der Waals surface area contributed by atoms with Gasteiger partial charge in [-0.3, -0.25) is 157 Å². The summed E-state index contributed by atoms with van der Waals surface area (Å²) in [5.41, 5.74) is 12.2. The minimum Gasteiger partial charge on any atom is -1.00 e. The fourth-order valence-corrected chi connectivity index (χ4v) is 22.8. The summed E-state index contributed by atoms with van der Waals surface area (Å²) >= 11 is 0. The van der Waals surface area contributed by atoms with Gasteiger partial charge in [0.25, 0.3) is 0 Å². The molecule has 24 heterocycles. The maximum absolute atomic E-state index is 15.5. The Labute approximate surface area is 652 Å². The number of amides is 32. The number of quaternary nitrogens is 2. The molecule has 0 atom stereocenters. The number of carbonyl (C=O) groups excluding carboxylic acids is 16. The van der Waals surface area contributed by atoms with Crippen molar-refractivity contribution < 1.29 is 113 Å². The first-order chi connectivity index (χ1) is 54.0. The standard InChI is InChI=1S/C48H48N32O16.C14H14N2.2ClH/c81-33-49-1-50-18-20-54(34(50)82)4-58-22-24-62(38(58)86)8-66-26-28-70(42(66)90)12-74-30-32-78(46(74)94)15-77-31-29-73(45(77)93)11-69-27-25-65(41(69)89)7-61-23-21-57(37(61)85)3-53(33)19-17(49)51-2-52(18)36(84)56(20)6-60(22)40(88)64(24)10-68(26)44(92)72(28)14-76(30)48(96)80(32)16-79(31)47(95)75(29)13-71(27)43(91)67(25)9-63(23)39(87)59(21)5-55(19)35(51)83;15-13-7-3-11(4-8-13)1-2-12-5-9-14(16)10-6-12;;/h17-32H,1-16H2;1-10H,15-16H2;2*1H/b;2-1+;;. The fraction of sp³-hybridized carbons (Fsp3) is 0.516. The molecule has 0 spiro atoms. The summed E-state index contributed by atoms with van der Waals surface area (Å²) in [5, 5.41) is 0. The molecule has 0 aliphatic carbocycles. The first kappa shape index (κ1) is 65.7. The van der Waals surface area contributed by atoms with Gasteiger partial charge in [0.05, 0.1) is 0 Å². The second kappa shape index (κ2) is 20.8. The van der Waals surface area contributed by atoms with Crippen molar-refractivity contribution in [2.24, 2.45) is 0 Å². The van der Waals surface area contributed by atoms with Gasteiger partial charge in [-0.15, -0.1) is 0 Å². The Morgan fingerprint density at radius 1 is 0.167 bits per heavy atom. The van der Waals surface area contributed by atoms with E-state index in [1.54, 1.807) is 0 Å². The number of carbonyl (C=O) groups is 16. The Bertz CT molecular complexity index is 3800. The summed E-state index contributed by atoms with van der Waals surface area (Å²) in [5.74, 6) is 0. The quantitative estimate of drug-likeness (QED) is 0.264. The second-order valence-corrected chi connectivity index (χ2v) is 32.3. The Kier molecular flexibility index (Phi) is 12.0. The molecule has 50 nitrogen and oxygen atoms in total. The zero-order valence-electron chi connectivity index (χ0n) is 59.3. The molecule has 0 saturated carbocycles. The summed E-state index contributed by atoms with van der Waals surface area (Å²) < 4.78 is 0. The van der Waals surface area contributed by atoms with Gasteiger partial charge in [0.15, 0.2) is 98.7 Å². The monoisotopic (exact) mass is 1610 g/mol. The zero-order chi connectivity index (χ0) is 75.6. The molecule has 24 fully saturated rings. The Balaban J connectivity index is 0.000000375. The van der Waals surface area contributed by atoms with Crippen LogP contribution in [-0.4, -0.2) is 459 Å². The van der Waals surface area contributed by atoms with Crippen molar-refractivity contribution in [2.75, 3.05) is 107 Å². The highest BCUT2D eigenvalue weighted by Gasteiger charge is 2.78. The van der Waals surface area contributed by atoms with Gasteiger partial charge in [-0.1, -0.05) is 12.2 Å². The predicted octanol–water partition coefficient (Wildman–Crippen LogP) is -11.9. The van der Waals surface area contributed by atoms with Gasteiger partial charge in [-0.05, 0) is 59.7 Å². The summed E-state index contributed by atoms with van der Waals surface area (Å²) in [4.78, 5) is 289. The first-order valence-electron chi connectivity index (χ1n) is 36.7. The molecule has 0 unspecified atom stereocenters. The lowest BCUT2D eigenvalue weighted by molar-refractivity contribution is -0.255. The molecule has 52 heteroatoms. The van der Waals surface area contributed by atoms with Crippen LogP contribution in [-0.2, 0) is 0 Å². The molecule has 24 aliphatic heterocycles. The molecule has 24 saturated heterocycles. The van der Waals surface area contributed by atoms with E-state index < -0.39 is 302 Å². The zero-order valence-corrected chi connectivity index (χ0v) is 60.8. The van der Waals surface area contributed by atoms with Crippen molar-refractivity contribution in [3.05, 3.63) is 59.7 Å². The number of hydrogen-bond donors (Lipinski definition) is 2. The van der Waals surface area contributed by atoms with Gasteiger partial charge in [0, 0.05) is 0 Å². The smallest absolute Gasteiger partial charge is 0.326 e. The molecular formula is C62H64Cl2N34O16. The van der Waals surface area contributed by atoms with E-state index in [0.29, 0.717) is 0 Å². The lowest BCUT2D eigenvalue weighted by Crippen LogP contribution is -3.00. The van der Waals surface area contributed by atoms with Gasteiger partial charge in [-0.2, -0.15) is 0 Å². The van der Waals surface area contributed by atoms with Crippen LogP contribution < -0.4 is 36.3 Å². The number of hydrogen-bond acceptors (Lipinski definition) is 16. The maximum Gasteiger partial charge on any atom is 0.326 e. The van der Waals surface area contributed by atoms with Crippen molar-refractivity contribution in [1.29, 1.82) is 0 Å². The van der Waals surface area contributed by atoms with Gasteiger partial charge in [0.2, 0.25) is 0 Å². The SMILES string of the molecule is O=C1N2CN3C(=O)N4CN5C(=O)N6CN7C(=O)N8CN9C(=O)N%10CN%11C(=O)N%12CN%13C(=O)N%14CN%15C(=O)N%16CN1C1C2N2CN%17C(=O)N(CN%18C(=O)N(CN%19C(=O)N(CN%20C(=O)N(CN%21C(=O)N(CN%22C(=O)N(CN%23C(=O)N(CN1C2=O)C%16C%15%23)C%14C%13%22)C%12C%11%21)C%10C9%20)C8C7%19)C6C5%18)C4C3%17.[Cl-].[Cl-].[NH3+]c1ccc(/C=C/c2ccc([NH3+])cc2)cc1. The summed E-state index contributed by atoms with van der Waals surface area (Å²) in [6.45, 7) is -8.88. The number of benzene rings is 2. The van der Waals surface area contributed by atoms with Crippen LogP contribution in [0.15, 0.2) is 48.5 Å². The number of urea groups is 16. The molecule has 2 aromatic carbocycles. The van der Waals surface area contributed by atoms with E-state index in [0.717, 1.165) is 11.4 Å². The van der Waals surface area contributed by atoms with Gasteiger partial charge in [0.1, 0.15) is 118 Å². The minimum atomic E-state index is -1.28. The van der Waals surface area contributed by atoms with E-state index >= 15 is 76.7 Å². The van der Waals surface area contributed by atoms with E-state index in [-0.39, 0.29) is 24.8 Å². The number of rotatable bonds is 2. The third-order valence-electron chi connectivity index (χ3n) is 27.5. The van der Waals surface area contributed by atoms with Crippen LogP contribution in [0.5, 0.6) is 0 Å². The summed E-state index contributed by atoms with van der Waals surface area (Å²) in [6, 6.07) is 4.42. The van der Waals surface area contributed by atoms with Crippen molar-refractivity contribution in [2.45, 2.75) is 98.7 Å². The van der Waals surface area contributed by atoms with E-state index in [4.69, 9.17) is 0 Å². The third-order valence-corrected chi connectivity index (χ3v) is 27.5. The van der Waals surface area contributed by atoms with Crippen molar-refractivity contribution >= 4 is 120 Å². The van der Waals surface area contributed by atoms with Crippen molar-refractivity contribution in [3.63, 3.8) is 0 Å². The van der Waals surface area contributed by atoms with E-state index in [2.05, 4.69) is 47.9 Å². The first-order valence-corrected chi connectivity index (χ1v) is 36.7. The predicted molar refractivity (Wildman–Crippen MR) is 351 cm³/mol. The van der Waals surface area contributed by atoms with Crippen LogP contribution >= 0.6 is 0 Å². The van der Waals surface area contributed by atoms with Crippen molar-refractivity contribution in [3.8, 4) is 0 Å². The molecule has 0 radical (unpaired) electrons. The minimum absolute atomic E-state index is 0. The van der Waals surface area contributed by atoms with Crippen LogP contribution in [0.2, 0.25) is 0 Å². The molecule has 32 amide bonds. The highest BCUT2D eigenvalue weighted by atomic mass is 35.5. The molecule has 2 aromatic rings. The fourth-order valence-electron chi connectivity index (χ4n) is 22.8. The topological polar surface area (TPSA) is 432 Å². The largest absolute Gasteiger partial charge is 1.00 e. The van der Waals surface area contributed by atoms with E-state index in [1.165, 1.54) is 168 Å². The van der Waals surface area contributed by atoms with Crippen LogP contribution in [0.3, 0.4) is 0 Å². The molecular weight excluding hydrogens is 1550 g/mol. The molecule has 26 rings (SSSR count). The molecule has 24 aliphatic rings.